The van der Waals surface area contributed by atoms with Gasteiger partial charge in [0.1, 0.15) is 0 Å². The maximum absolute atomic E-state index is 3.51. The molecule has 1 unspecified atom stereocenters. The Hall–Kier alpha value is -1.28. The number of fused-ring (bicyclic) bond motifs is 1. The molecule has 1 aromatic carbocycles. The fraction of sp³-hybridized carbons (Fsp3) is 0.529. The molecule has 2 aromatic rings. The van der Waals surface area contributed by atoms with Crippen molar-refractivity contribution < 1.29 is 0 Å². The normalized spacial score (nSPS) is 13.0. The van der Waals surface area contributed by atoms with Gasteiger partial charge in [0.15, 0.2) is 0 Å². The summed E-state index contributed by atoms with van der Waals surface area (Å²) < 4.78 is 2.42. The van der Waals surface area contributed by atoms with E-state index >= 15 is 0 Å². The van der Waals surface area contributed by atoms with Crippen LogP contribution >= 0.6 is 0 Å². The minimum absolute atomic E-state index is 0.729. The lowest BCUT2D eigenvalue weighted by atomic mass is 10.1. The second-order valence-electron chi connectivity index (χ2n) is 5.51. The predicted octanol–water partition coefficient (Wildman–Crippen LogP) is 4.19. The van der Waals surface area contributed by atoms with Gasteiger partial charge in [0, 0.05) is 19.3 Å². The summed E-state index contributed by atoms with van der Waals surface area (Å²) in [7, 11) is 0. The molecule has 0 saturated heterocycles. The second-order valence-corrected chi connectivity index (χ2v) is 5.51. The molecule has 0 saturated carbocycles. The Morgan fingerprint density at radius 1 is 1.21 bits per heavy atom. The van der Waals surface area contributed by atoms with E-state index in [1.807, 2.05) is 0 Å². The highest BCUT2D eigenvalue weighted by molar-refractivity contribution is 5.83. The Morgan fingerprint density at radius 3 is 2.79 bits per heavy atom. The summed E-state index contributed by atoms with van der Waals surface area (Å²) in [5.41, 5.74) is 2.82. The highest BCUT2D eigenvalue weighted by Gasteiger charge is 2.08. The van der Waals surface area contributed by atoms with Crippen molar-refractivity contribution >= 4 is 10.9 Å². The lowest BCUT2D eigenvalue weighted by Crippen LogP contribution is -2.15. The lowest BCUT2D eigenvalue weighted by molar-refractivity contribution is 0.477. The van der Waals surface area contributed by atoms with E-state index in [0.29, 0.717) is 0 Å². The summed E-state index contributed by atoms with van der Waals surface area (Å²) in [5, 5.41) is 4.87. The second kappa shape index (κ2) is 6.76. The first-order valence-electron chi connectivity index (χ1n) is 7.53. The first-order chi connectivity index (χ1) is 9.26. The van der Waals surface area contributed by atoms with Crippen LogP contribution in [-0.4, -0.2) is 11.1 Å². The summed E-state index contributed by atoms with van der Waals surface area (Å²) in [4.78, 5) is 0. The van der Waals surface area contributed by atoms with Gasteiger partial charge < -0.3 is 9.88 Å². The molecule has 2 rings (SSSR count). The van der Waals surface area contributed by atoms with Crippen molar-refractivity contribution in [2.24, 2.45) is 5.92 Å². The van der Waals surface area contributed by atoms with Crippen molar-refractivity contribution in [1.29, 1.82) is 0 Å². The Kier molecular flexibility index (Phi) is 5.03. The number of benzene rings is 1. The monoisotopic (exact) mass is 258 g/mol. The average molecular weight is 258 g/mol. The zero-order valence-corrected chi connectivity index (χ0v) is 12.4. The van der Waals surface area contributed by atoms with Crippen molar-refractivity contribution in [1.82, 2.24) is 9.88 Å². The van der Waals surface area contributed by atoms with Crippen LogP contribution in [0.3, 0.4) is 0 Å². The first-order valence-corrected chi connectivity index (χ1v) is 7.53. The van der Waals surface area contributed by atoms with E-state index in [-0.39, 0.29) is 0 Å². The molecule has 0 aliphatic heterocycles. The molecule has 0 amide bonds. The molecule has 0 bridgehead atoms. The van der Waals surface area contributed by atoms with Gasteiger partial charge in [-0.05, 0) is 35.9 Å². The van der Waals surface area contributed by atoms with Crippen molar-refractivity contribution in [3.05, 3.63) is 36.0 Å². The lowest BCUT2D eigenvalue weighted by Gasteiger charge is -2.14. The van der Waals surface area contributed by atoms with E-state index in [4.69, 9.17) is 0 Å². The largest absolute Gasteiger partial charge is 0.347 e. The third kappa shape index (κ3) is 3.38. The van der Waals surface area contributed by atoms with Gasteiger partial charge in [0.05, 0.1) is 5.52 Å². The van der Waals surface area contributed by atoms with E-state index in [0.717, 1.165) is 25.6 Å². The number of nitrogens with zero attached hydrogens (tertiary/aromatic N) is 1. The molecule has 104 valence electrons. The van der Waals surface area contributed by atoms with Crippen LogP contribution in [0.2, 0.25) is 0 Å². The topological polar surface area (TPSA) is 17.0 Å². The molecule has 1 aromatic heterocycles. The molecule has 2 nitrogen and oxygen atoms in total. The van der Waals surface area contributed by atoms with E-state index in [2.05, 4.69) is 61.1 Å². The third-order valence-electron chi connectivity index (χ3n) is 3.82. The van der Waals surface area contributed by atoms with Gasteiger partial charge in [-0.2, -0.15) is 0 Å². The molecule has 19 heavy (non-hydrogen) atoms. The molecule has 2 heteroatoms. The molecule has 1 N–H and O–H groups in total. The Labute approximate surface area is 116 Å². The summed E-state index contributed by atoms with van der Waals surface area (Å²) in [6, 6.07) is 8.86. The highest BCUT2D eigenvalue weighted by atomic mass is 15.0. The van der Waals surface area contributed by atoms with Crippen LogP contribution in [0.25, 0.3) is 10.9 Å². The van der Waals surface area contributed by atoms with E-state index in [1.54, 1.807) is 0 Å². The number of nitrogens with one attached hydrogen (secondary N) is 1. The van der Waals surface area contributed by atoms with Gasteiger partial charge >= 0.3 is 0 Å². The zero-order valence-electron chi connectivity index (χ0n) is 12.4. The Bertz CT molecular complexity index is 513. The molecular weight excluding hydrogens is 232 g/mol. The van der Waals surface area contributed by atoms with Crippen molar-refractivity contribution in [2.75, 3.05) is 6.54 Å². The predicted molar refractivity (Wildman–Crippen MR) is 83.4 cm³/mol. The van der Waals surface area contributed by atoms with Crippen LogP contribution in [0, 0.1) is 5.92 Å². The average Bonchev–Trinajstić information content (AvgIpc) is 2.83. The van der Waals surface area contributed by atoms with Crippen molar-refractivity contribution in [3.8, 4) is 0 Å². The van der Waals surface area contributed by atoms with Crippen LogP contribution in [0.4, 0.5) is 0 Å². The fourth-order valence-corrected chi connectivity index (χ4v) is 2.50. The van der Waals surface area contributed by atoms with Gasteiger partial charge in [-0.1, -0.05) is 45.4 Å². The molecule has 0 aliphatic rings. The molecule has 0 spiro atoms. The van der Waals surface area contributed by atoms with Gasteiger partial charge in [-0.25, -0.2) is 0 Å². The molecular formula is C17H26N2. The smallest absolute Gasteiger partial charge is 0.0525 e. The number of hydrogen-bond donors (Lipinski definition) is 1. The molecule has 1 heterocycles. The maximum Gasteiger partial charge on any atom is 0.0525 e. The summed E-state index contributed by atoms with van der Waals surface area (Å²) in [5.74, 6) is 0.729. The fourth-order valence-electron chi connectivity index (χ4n) is 2.50. The van der Waals surface area contributed by atoms with Crippen molar-refractivity contribution in [2.45, 2.75) is 46.7 Å². The van der Waals surface area contributed by atoms with E-state index in [9.17, 15) is 0 Å². The maximum atomic E-state index is 3.51. The third-order valence-corrected chi connectivity index (χ3v) is 3.82. The summed E-state index contributed by atoms with van der Waals surface area (Å²) in [6.07, 6.45) is 4.65. The van der Waals surface area contributed by atoms with Crippen LogP contribution < -0.4 is 5.32 Å². The standard InChI is InChI=1S/C17H26N2/c1-4-10-18-12-16-8-6-7-15-9-11-19(17(15)16)13-14(3)5-2/h6-9,11,14,18H,4-5,10,12-13H2,1-3H3. The first kappa shape index (κ1) is 14.1. The number of aromatic nitrogens is 1. The van der Waals surface area contributed by atoms with Crippen LogP contribution in [0.5, 0.6) is 0 Å². The van der Waals surface area contributed by atoms with Crippen LogP contribution in [0.1, 0.15) is 39.2 Å². The molecule has 0 aliphatic carbocycles. The van der Waals surface area contributed by atoms with Gasteiger partial charge in [0.2, 0.25) is 0 Å². The van der Waals surface area contributed by atoms with Crippen LogP contribution in [-0.2, 0) is 13.1 Å². The minimum atomic E-state index is 0.729. The number of para-hydroxylation sites is 1. The number of hydrogen-bond acceptors (Lipinski definition) is 1. The van der Waals surface area contributed by atoms with E-state index in [1.165, 1.54) is 29.3 Å². The summed E-state index contributed by atoms with van der Waals surface area (Å²) in [6.45, 7) is 9.96. The van der Waals surface area contributed by atoms with E-state index < -0.39 is 0 Å². The number of rotatable bonds is 7. The quantitative estimate of drug-likeness (QED) is 0.737. The highest BCUT2D eigenvalue weighted by Crippen LogP contribution is 2.22. The Balaban J connectivity index is 2.27. The molecule has 0 radical (unpaired) electrons. The minimum Gasteiger partial charge on any atom is -0.347 e. The zero-order chi connectivity index (χ0) is 13.7. The van der Waals surface area contributed by atoms with Gasteiger partial charge in [-0.15, -0.1) is 0 Å². The van der Waals surface area contributed by atoms with Gasteiger partial charge in [-0.3, -0.25) is 0 Å². The molecule has 1 atom stereocenters. The van der Waals surface area contributed by atoms with Gasteiger partial charge in [0.25, 0.3) is 0 Å². The SMILES string of the molecule is CCCNCc1cccc2ccn(CC(C)CC)c12. The Morgan fingerprint density at radius 2 is 2.05 bits per heavy atom. The molecule has 0 fully saturated rings. The van der Waals surface area contributed by atoms with Crippen LogP contribution in [0.15, 0.2) is 30.5 Å². The summed E-state index contributed by atoms with van der Waals surface area (Å²) >= 11 is 0. The van der Waals surface area contributed by atoms with Crippen molar-refractivity contribution in [3.63, 3.8) is 0 Å².